The van der Waals surface area contributed by atoms with Crippen LogP contribution < -0.4 is 4.74 Å². The van der Waals surface area contributed by atoms with Gasteiger partial charge < -0.3 is 14.9 Å². The Labute approximate surface area is 87.5 Å². The van der Waals surface area contributed by atoms with Gasteiger partial charge in [-0.3, -0.25) is 4.57 Å². The highest BCUT2D eigenvalue weighted by molar-refractivity contribution is 7.23. The summed E-state index contributed by atoms with van der Waals surface area (Å²) in [5, 5.41) is 18.2. The Bertz CT molecular complexity index is 402. The highest BCUT2D eigenvalue weighted by atomic mass is 31.1. The molecule has 0 heterocycles. The fraction of sp³-hybridized carbons (Fsp3) is 0.222. The van der Waals surface area contributed by atoms with Crippen molar-refractivity contribution in [2.24, 2.45) is 0 Å². The van der Waals surface area contributed by atoms with Crippen LogP contribution in [0.25, 0.3) is 0 Å². The molecule has 0 amide bonds. The van der Waals surface area contributed by atoms with Crippen molar-refractivity contribution in [3.8, 4) is 11.5 Å². The second-order valence-electron chi connectivity index (χ2n) is 2.79. The molecule has 0 saturated carbocycles. The number of hydrogen-bond acceptors (Lipinski definition) is 4. The minimum absolute atomic E-state index is 0.0466. The molecule has 6 heteroatoms. The molecule has 1 rings (SSSR count). The Kier molecular flexibility index (Phi) is 3.63. The van der Waals surface area contributed by atoms with Gasteiger partial charge in [-0.25, -0.2) is 4.79 Å². The Morgan fingerprint density at radius 1 is 1.53 bits per heavy atom. The average Bonchev–Trinajstić information content (AvgIpc) is 2.17. The zero-order chi connectivity index (χ0) is 11.4. The van der Waals surface area contributed by atoms with E-state index >= 15 is 0 Å². The zero-order valence-electron chi connectivity index (χ0n) is 7.93. The van der Waals surface area contributed by atoms with E-state index in [1.165, 1.54) is 19.1 Å². The van der Waals surface area contributed by atoms with Crippen molar-refractivity contribution >= 4 is 14.4 Å². The highest BCUT2D eigenvalue weighted by Crippen LogP contribution is 2.32. The van der Waals surface area contributed by atoms with Crippen molar-refractivity contribution in [2.75, 3.05) is 6.35 Å². The first-order valence-corrected chi connectivity index (χ1v) is 5.05. The summed E-state index contributed by atoms with van der Waals surface area (Å²) in [6, 6.07) is 2.52. The second kappa shape index (κ2) is 4.75. The molecule has 0 bridgehead atoms. The first-order chi connectivity index (χ1) is 7.07. The molecule has 0 fully saturated rings. The largest absolute Gasteiger partial charge is 0.504 e. The molecular formula is C9H9O5P. The summed E-state index contributed by atoms with van der Waals surface area (Å²) in [5.41, 5.74) is 0.358. The number of carboxylic acids is 1. The number of carbonyl (C=O) groups is 1. The molecule has 0 aliphatic rings. The average molecular weight is 228 g/mol. The van der Waals surface area contributed by atoms with E-state index in [-0.39, 0.29) is 31.9 Å². The molecule has 2 N–H and O–H groups in total. The van der Waals surface area contributed by atoms with Crippen LogP contribution in [-0.4, -0.2) is 22.5 Å². The molecule has 0 radical (unpaired) electrons. The van der Waals surface area contributed by atoms with Crippen LogP contribution >= 0.6 is 8.46 Å². The number of ether oxygens (including phenoxy) is 1. The van der Waals surface area contributed by atoms with E-state index in [0.717, 1.165) is 0 Å². The third-order valence-corrected chi connectivity index (χ3v) is 2.11. The number of aromatic carboxylic acids is 1. The van der Waals surface area contributed by atoms with Gasteiger partial charge in [0.05, 0.1) is 5.56 Å². The van der Waals surface area contributed by atoms with Gasteiger partial charge in [0.25, 0.3) is 0 Å². The van der Waals surface area contributed by atoms with Crippen molar-refractivity contribution in [2.45, 2.75) is 6.92 Å². The number of benzene rings is 1. The number of carboxylic acid groups (broad SMARTS) is 1. The van der Waals surface area contributed by atoms with Gasteiger partial charge in [0.15, 0.2) is 26.3 Å². The van der Waals surface area contributed by atoms with Crippen molar-refractivity contribution in [3.05, 3.63) is 23.3 Å². The van der Waals surface area contributed by atoms with Gasteiger partial charge >= 0.3 is 5.97 Å². The summed E-state index contributed by atoms with van der Waals surface area (Å²) in [4.78, 5) is 10.8. The van der Waals surface area contributed by atoms with Gasteiger partial charge in [0, 0.05) is 5.56 Å². The molecule has 1 aromatic carbocycles. The summed E-state index contributed by atoms with van der Waals surface area (Å²) in [6.45, 7) is 1.51. The number of phenols is 1. The monoisotopic (exact) mass is 228 g/mol. The SMILES string of the molecule is Cc1c(C(=O)O)ccc(O)c1OCP=O. The highest BCUT2D eigenvalue weighted by Gasteiger charge is 2.15. The quantitative estimate of drug-likeness (QED) is 0.770. The lowest BCUT2D eigenvalue weighted by molar-refractivity contribution is 0.0695. The summed E-state index contributed by atoms with van der Waals surface area (Å²) in [7, 11) is -0.233. The molecule has 5 nitrogen and oxygen atoms in total. The van der Waals surface area contributed by atoms with E-state index in [9.17, 15) is 14.5 Å². The van der Waals surface area contributed by atoms with E-state index in [0.29, 0.717) is 5.56 Å². The van der Waals surface area contributed by atoms with Gasteiger partial charge in [-0.2, -0.15) is 0 Å². The number of hydrogen-bond donors (Lipinski definition) is 2. The zero-order valence-corrected chi connectivity index (χ0v) is 8.82. The van der Waals surface area contributed by atoms with Crippen molar-refractivity contribution in [1.82, 2.24) is 0 Å². The van der Waals surface area contributed by atoms with E-state index in [2.05, 4.69) is 0 Å². The van der Waals surface area contributed by atoms with Gasteiger partial charge in [0.2, 0.25) is 0 Å². The van der Waals surface area contributed by atoms with Crippen LogP contribution in [0.15, 0.2) is 12.1 Å². The predicted octanol–water partition coefficient (Wildman–Crippen LogP) is 2.03. The van der Waals surface area contributed by atoms with Crippen LogP contribution in [0, 0.1) is 6.92 Å². The van der Waals surface area contributed by atoms with E-state index in [4.69, 9.17) is 9.84 Å². The first-order valence-electron chi connectivity index (χ1n) is 4.05. The molecule has 0 aliphatic heterocycles. The Balaban J connectivity index is 3.17. The Morgan fingerprint density at radius 2 is 2.20 bits per heavy atom. The summed E-state index contributed by atoms with van der Waals surface area (Å²) in [5.74, 6) is -1.21. The third kappa shape index (κ3) is 2.44. The van der Waals surface area contributed by atoms with Gasteiger partial charge in [0.1, 0.15) is 0 Å². The van der Waals surface area contributed by atoms with Crippen LogP contribution in [0.1, 0.15) is 15.9 Å². The summed E-state index contributed by atoms with van der Waals surface area (Å²) in [6.07, 6.45) is -0.128. The van der Waals surface area contributed by atoms with Gasteiger partial charge in [-0.1, -0.05) is 0 Å². The lowest BCUT2D eigenvalue weighted by Gasteiger charge is -2.10. The number of aromatic hydroxyl groups is 1. The number of phenolic OH excluding ortho intramolecular Hbond substituents is 1. The van der Waals surface area contributed by atoms with Crippen molar-refractivity contribution in [3.63, 3.8) is 0 Å². The lowest BCUT2D eigenvalue weighted by atomic mass is 10.1. The van der Waals surface area contributed by atoms with Crippen LogP contribution in [-0.2, 0) is 4.57 Å². The van der Waals surface area contributed by atoms with Crippen molar-refractivity contribution < 1.29 is 24.3 Å². The third-order valence-electron chi connectivity index (χ3n) is 1.88. The maximum atomic E-state index is 10.8. The molecule has 0 saturated heterocycles. The molecular weight excluding hydrogens is 219 g/mol. The standard InChI is InChI=1S/C9H9O5P/c1-5-6(9(11)12)2-3-7(10)8(5)14-4-15-13/h2-3,10H,4H2,1H3,(H,11,12). The lowest BCUT2D eigenvalue weighted by Crippen LogP contribution is -2.02. The van der Waals surface area contributed by atoms with Crippen LogP contribution in [0.2, 0.25) is 0 Å². The summed E-state index contributed by atoms with van der Waals surface area (Å²) >= 11 is 0. The molecule has 0 atom stereocenters. The molecule has 0 unspecified atom stereocenters. The molecule has 0 spiro atoms. The van der Waals surface area contributed by atoms with E-state index in [1.54, 1.807) is 0 Å². The minimum Gasteiger partial charge on any atom is -0.504 e. The molecule has 0 aromatic heterocycles. The number of rotatable bonds is 4. The predicted molar refractivity (Wildman–Crippen MR) is 52.9 cm³/mol. The molecule has 80 valence electrons. The van der Waals surface area contributed by atoms with E-state index < -0.39 is 5.97 Å². The van der Waals surface area contributed by atoms with Crippen molar-refractivity contribution in [1.29, 1.82) is 0 Å². The fourth-order valence-corrected chi connectivity index (χ4v) is 1.36. The van der Waals surface area contributed by atoms with E-state index in [1.807, 2.05) is 0 Å². The van der Waals surface area contributed by atoms with Crippen LogP contribution in [0.3, 0.4) is 0 Å². The van der Waals surface area contributed by atoms with Crippen LogP contribution in [0.4, 0.5) is 0 Å². The fourth-order valence-electron chi connectivity index (χ4n) is 1.18. The maximum absolute atomic E-state index is 10.8. The molecule has 1 aromatic rings. The van der Waals surface area contributed by atoms with Gasteiger partial charge in [-0.15, -0.1) is 0 Å². The molecule has 0 aliphatic carbocycles. The second-order valence-corrected chi connectivity index (χ2v) is 3.31. The maximum Gasteiger partial charge on any atom is 0.336 e. The summed E-state index contributed by atoms with van der Waals surface area (Å²) < 4.78 is 15.2. The first kappa shape index (κ1) is 11.5. The Hall–Kier alpha value is -1.61. The normalized spacial score (nSPS) is 10.2. The smallest absolute Gasteiger partial charge is 0.336 e. The van der Waals surface area contributed by atoms with Gasteiger partial charge in [-0.05, 0) is 19.1 Å². The molecule has 15 heavy (non-hydrogen) atoms. The Morgan fingerprint density at radius 3 is 2.73 bits per heavy atom. The topological polar surface area (TPSA) is 83.8 Å². The van der Waals surface area contributed by atoms with Crippen LogP contribution in [0.5, 0.6) is 11.5 Å². The minimum atomic E-state index is -1.10.